The highest BCUT2D eigenvalue weighted by Crippen LogP contribution is 2.30. The Morgan fingerprint density at radius 1 is 0.968 bits per heavy atom. The molecule has 4 rings (SSSR count). The number of amides is 1. The highest BCUT2D eigenvalue weighted by atomic mass is 32.2. The number of anilines is 1. The first-order valence-electron chi connectivity index (χ1n) is 9.76. The number of carbonyl (C=O) groups excluding carboxylic acids is 1. The van der Waals surface area contributed by atoms with Gasteiger partial charge >= 0.3 is 0 Å². The van der Waals surface area contributed by atoms with Crippen LogP contribution in [0.25, 0.3) is 17.1 Å². The molecule has 0 saturated heterocycles. The predicted octanol–water partition coefficient (Wildman–Crippen LogP) is 5.14. The van der Waals surface area contributed by atoms with Crippen LogP contribution >= 0.6 is 11.8 Å². The summed E-state index contributed by atoms with van der Waals surface area (Å²) < 4.78 is 16.3. The Hall–Kier alpha value is -3.45. The highest BCUT2D eigenvalue weighted by Gasteiger charge is 2.20. The fourth-order valence-electron chi connectivity index (χ4n) is 3.13. The molecule has 0 bridgehead atoms. The van der Waals surface area contributed by atoms with E-state index in [9.17, 15) is 9.18 Å². The average Bonchev–Trinajstić information content (AvgIpc) is 3.22. The second-order valence-electron chi connectivity index (χ2n) is 7.03. The van der Waals surface area contributed by atoms with Gasteiger partial charge in [-0.15, -0.1) is 10.2 Å². The minimum Gasteiger partial charge on any atom is -0.315 e. The first-order valence-corrected chi connectivity index (χ1v) is 10.7. The number of hydrogen-bond donors (Lipinski definition) is 0. The Labute approximate surface area is 184 Å². The van der Waals surface area contributed by atoms with Crippen LogP contribution in [-0.4, -0.2) is 33.5 Å². The Morgan fingerprint density at radius 2 is 1.65 bits per heavy atom. The molecule has 0 aliphatic carbocycles. The topological polar surface area (TPSA) is 51.0 Å². The van der Waals surface area contributed by atoms with Gasteiger partial charge in [0.05, 0.1) is 11.3 Å². The number of nitrogens with zero attached hydrogens (tertiary/aromatic N) is 4. The molecule has 1 aromatic heterocycles. The van der Waals surface area contributed by atoms with E-state index in [0.29, 0.717) is 16.5 Å². The van der Waals surface area contributed by atoms with E-state index < -0.39 is 0 Å². The van der Waals surface area contributed by atoms with Crippen molar-refractivity contribution >= 4 is 23.4 Å². The zero-order chi connectivity index (χ0) is 21.8. The van der Waals surface area contributed by atoms with Gasteiger partial charge in [-0.1, -0.05) is 59.8 Å². The lowest BCUT2D eigenvalue weighted by Gasteiger charge is -2.17. The molecule has 0 spiro atoms. The fourth-order valence-corrected chi connectivity index (χ4v) is 3.99. The van der Waals surface area contributed by atoms with Crippen molar-refractivity contribution in [2.75, 3.05) is 17.7 Å². The normalized spacial score (nSPS) is 10.8. The first-order chi connectivity index (χ1) is 15.0. The number of para-hydroxylation sites is 1. The van der Waals surface area contributed by atoms with Gasteiger partial charge in [0.15, 0.2) is 11.0 Å². The van der Waals surface area contributed by atoms with Crippen LogP contribution in [0.4, 0.5) is 10.1 Å². The quantitative estimate of drug-likeness (QED) is 0.396. The second kappa shape index (κ2) is 9.14. The number of halogens is 1. The van der Waals surface area contributed by atoms with Crippen molar-refractivity contribution < 1.29 is 9.18 Å². The number of carbonyl (C=O) groups is 1. The van der Waals surface area contributed by atoms with Crippen LogP contribution in [-0.2, 0) is 4.79 Å². The van der Waals surface area contributed by atoms with Crippen LogP contribution < -0.4 is 4.90 Å². The van der Waals surface area contributed by atoms with E-state index >= 15 is 0 Å². The smallest absolute Gasteiger partial charge is 0.237 e. The number of aromatic nitrogens is 3. The molecule has 5 nitrogen and oxygen atoms in total. The summed E-state index contributed by atoms with van der Waals surface area (Å²) in [4.78, 5) is 14.3. The van der Waals surface area contributed by atoms with Gasteiger partial charge in [-0.05, 0) is 43.3 Å². The van der Waals surface area contributed by atoms with Crippen LogP contribution in [0.5, 0.6) is 0 Å². The number of aryl methyl sites for hydroxylation is 1. The second-order valence-corrected chi connectivity index (χ2v) is 7.98. The summed E-state index contributed by atoms with van der Waals surface area (Å²) in [7, 11) is 1.74. The van der Waals surface area contributed by atoms with Crippen molar-refractivity contribution in [3.05, 3.63) is 90.2 Å². The molecule has 0 N–H and O–H groups in total. The lowest BCUT2D eigenvalue weighted by molar-refractivity contribution is -0.115. The lowest BCUT2D eigenvalue weighted by Crippen LogP contribution is -2.27. The molecule has 3 aromatic carbocycles. The maximum atomic E-state index is 14.5. The zero-order valence-corrected chi connectivity index (χ0v) is 18.0. The highest BCUT2D eigenvalue weighted by molar-refractivity contribution is 7.99. The average molecular weight is 433 g/mol. The van der Waals surface area contributed by atoms with E-state index in [-0.39, 0.29) is 17.5 Å². The molecule has 0 radical (unpaired) electrons. The molecule has 0 fully saturated rings. The van der Waals surface area contributed by atoms with Crippen LogP contribution in [0.15, 0.2) is 84.0 Å². The van der Waals surface area contributed by atoms with E-state index in [1.165, 1.54) is 17.8 Å². The summed E-state index contributed by atoms with van der Waals surface area (Å²) in [5.41, 5.74) is 3.09. The molecule has 1 heterocycles. The van der Waals surface area contributed by atoms with Gasteiger partial charge in [0.25, 0.3) is 0 Å². The van der Waals surface area contributed by atoms with Crippen molar-refractivity contribution in [3.63, 3.8) is 0 Å². The van der Waals surface area contributed by atoms with Gasteiger partial charge in [0, 0.05) is 18.4 Å². The monoisotopic (exact) mass is 432 g/mol. The lowest BCUT2D eigenvalue weighted by atomic mass is 10.2. The summed E-state index contributed by atoms with van der Waals surface area (Å²) in [6.07, 6.45) is 0. The van der Waals surface area contributed by atoms with E-state index in [1.807, 2.05) is 61.5 Å². The Bertz CT molecular complexity index is 1190. The largest absolute Gasteiger partial charge is 0.315 e. The van der Waals surface area contributed by atoms with Crippen LogP contribution in [0.3, 0.4) is 0 Å². The summed E-state index contributed by atoms with van der Waals surface area (Å²) >= 11 is 1.27. The predicted molar refractivity (Wildman–Crippen MR) is 122 cm³/mol. The van der Waals surface area contributed by atoms with Crippen LogP contribution in [0.2, 0.25) is 0 Å². The van der Waals surface area contributed by atoms with Crippen LogP contribution in [0.1, 0.15) is 5.56 Å². The Kier molecular flexibility index (Phi) is 6.13. The number of thioether (sulfide) groups is 1. The van der Waals surface area contributed by atoms with Crippen molar-refractivity contribution in [3.8, 4) is 17.1 Å². The molecule has 0 aliphatic heterocycles. The van der Waals surface area contributed by atoms with Gasteiger partial charge in [-0.25, -0.2) is 4.39 Å². The van der Waals surface area contributed by atoms with E-state index in [2.05, 4.69) is 10.2 Å². The maximum absolute atomic E-state index is 14.5. The molecule has 0 unspecified atom stereocenters. The Balaban J connectivity index is 1.65. The molecular formula is C24H21FN4OS. The minimum absolute atomic E-state index is 0.0675. The standard InChI is InChI=1S/C24H21FN4OS/c1-17-12-14-19(15-13-17)29-23(20-10-6-7-11-21(20)25)26-27-24(29)31-16-22(30)28(2)18-8-4-3-5-9-18/h3-15H,16H2,1-2H3. The summed E-state index contributed by atoms with van der Waals surface area (Å²) in [5.74, 6) is 0.127. The third kappa shape index (κ3) is 4.51. The third-order valence-corrected chi connectivity index (χ3v) is 5.80. The summed E-state index contributed by atoms with van der Waals surface area (Å²) in [6.45, 7) is 2.00. The molecule has 1 amide bonds. The number of rotatable bonds is 6. The van der Waals surface area contributed by atoms with Gasteiger partial charge in [0.1, 0.15) is 5.82 Å². The molecule has 0 atom stereocenters. The molecule has 4 aromatic rings. The maximum Gasteiger partial charge on any atom is 0.237 e. The summed E-state index contributed by atoms with van der Waals surface area (Å²) in [5, 5.41) is 9.05. The van der Waals surface area contributed by atoms with E-state index in [1.54, 1.807) is 34.7 Å². The van der Waals surface area contributed by atoms with E-state index in [4.69, 9.17) is 0 Å². The van der Waals surface area contributed by atoms with Crippen molar-refractivity contribution in [1.82, 2.24) is 14.8 Å². The molecule has 7 heteroatoms. The van der Waals surface area contributed by atoms with Crippen molar-refractivity contribution in [2.24, 2.45) is 0 Å². The van der Waals surface area contributed by atoms with Gasteiger partial charge in [-0.3, -0.25) is 9.36 Å². The minimum atomic E-state index is -0.375. The molecule has 31 heavy (non-hydrogen) atoms. The van der Waals surface area contributed by atoms with Crippen molar-refractivity contribution in [1.29, 1.82) is 0 Å². The molecule has 156 valence electrons. The summed E-state index contributed by atoms with van der Waals surface area (Å²) in [6, 6.07) is 23.7. The van der Waals surface area contributed by atoms with E-state index in [0.717, 1.165) is 16.9 Å². The van der Waals surface area contributed by atoms with Gasteiger partial charge in [0.2, 0.25) is 5.91 Å². The number of hydrogen-bond acceptors (Lipinski definition) is 4. The van der Waals surface area contributed by atoms with Gasteiger partial charge in [-0.2, -0.15) is 0 Å². The molecule has 0 aliphatic rings. The SMILES string of the molecule is Cc1ccc(-n2c(SCC(=O)N(C)c3ccccc3)nnc2-c2ccccc2F)cc1. The van der Waals surface area contributed by atoms with Crippen LogP contribution in [0, 0.1) is 12.7 Å². The zero-order valence-electron chi connectivity index (χ0n) is 17.2. The van der Waals surface area contributed by atoms with Gasteiger partial charge < -0.3 is 4.90 Å². The molecule has 0 saturated carbocycles. The van der Waals surface area contributed by atoms with Crippen molar-refractivity contribution in [2.45, 2.75) is 12.1 Å². The third-order valence-electron chi connectivity index (χ3n) is 4.88. The number of benzene rings is 3. The fraction of sp³-hybridized carbons (Fsp3) is 0.125. The first kappa shape index (κ1) is 20.8. The molecular weight excluding hydrogens is 411 g/mol. The Morgan fingerprint density at radius 3 is 2.35 bits per heavy atom.